The number of aliphatic hydroxyl groups excluding tert-OH is 1. The first-order valence-electron chi connectivity index (χ1n) is 16.2. The maximum Gasteiger partial charge on any atom is 0.303 e. The van der Waals surface area contributed by atoms with E-state index in [1.165, 1.54) is 6.92 Å². The van der Waals surface area contributed by atoms with Crippen molar-refractivity contribution in [2.24, 2.45) is 0 Å². The standard InChI is InChI=1S/C32H53NO10S/c1-5-8-17-36-22-27-30(40-23(4)35)31(39-19-10-7-3)28(33-43-44-24-14-12-11-13-15-24)32(41-27)42-29-25(37-18-9-6-2)16-20-38-26(29)21-34/h11-15,25-34H,5-10,16-22H2,1-4H3/t25?,26?,27?,28?,29-,30?,31?,32?/m0/s1. The molecule has 2 aliphatic rings. The number of carbonyl (C=O) groups is 1. The zero-order valence-electron chi connectivity index (χ0n) is 26.7. The lowest BCUT2D eigenvalue weighted by atomic mass is 9.96. The predicted molar refractivity (Wildman–Crippen MR) is 166 cm³/mol. The fourth-order valence-electron chi connectivity index (χ4n) is 5.10. The number of unbranched alkanes of at least 4 members (excludes halogenated alkanes) is 3. The summed E-state index contributed by atoms with van der Waals surface area (Å²) in [5, 5.41) is 10.2. The number of esters is 1. The quantitative estimate of drug-likeness (QED) is 0.0843. The zero-order valence-corrected chi connectivity index (χ0v) is 27.5. The van der Waals surface area contributed by atoms with Crippen molar-refractivity contribution in [1.29, 1.82) is 0 Å². The molecule has 2 heterocycles. The molecule has 12 heteroatoms. The number of hydroxylamine groups is 1. The molecule has 2 fully saturated rings. The molecule has 0 spiro atoms. The van der Waals surface area contributed by atoms with Gasteiger partial charge >= 0.3 is 5.97 Å². The van der Waals surface area contributed by atoms with Gasteiger partial charge in [-0.1, -0.05) is 58.2 Å². The van der Waals surface area contributed by atoms with Crippen LogP contribution in [0.15, 0.2) is 35.2 Å². The highest BCUT2D eigenvalue weighted by molar-refractivity contribution is 7.94. The highest BCUT2D eigenvalue weighted by atomic mass is 32.2. The largest absolute Gasteiger partial charge is 0.457 e. The molecule has 2 N–H and O–H groups in total. The van der Waals surface area contributed by atoms with E-state index < -0.39 is 48.8 Å². The molecule has 8 atom stereocenters. The molecule has 2 saturated heterocycles. The van der Waals surface area contributed by atoms with Gasteiger partial charge in [0.25, 0.3) is 0 Å². The Balaban J connectivity index is 1.91. The summed E-state index contributed by atoms with van der Waals surface area (Å²) in [5.74, 6) is -0.454. The number of ether oxygens (including phenoxy) is 7. The topological polar surface area (TPSA) is 123 Å². The van der Waals surface area contributed by atoms with Crippen LogP contribution in [0.25, 0.3) is 0 Å². The summed E-state index contributed by atoms with van der Waals surface area (Å²) in [5.41, 5.74) is 3.10. The molecule has 0 aromatic heterocycles. The summed E-state index contributed by atoms with van der Waals surface area (Å²) in [6.45, 7) is 9.62. The van der Waals surface area contributed by atoms with Crippen molar-refractivity contribution in [1.82, 2.24) is 5.48 Å². The lowest BCUT2D eigenvalue weighted by molar-refractivity contribution is -0.322. The number of nitrogens with one attached hydrogen (secondary N) is 1. The minimum absolute atomic E-state index is 0.179. The molecule has 44 heavy (non-hydrogen) atoms. The minimum Gasteiger partial charge on any atom is -0.457 e. The molecule has 11 nitrogen and oxygen atoms in total. The Bertz CT molecular complexity index is 899. The zero-order chi connectivity index (χ0) is 31.6. The maximum absolute atomic E-state index is 12.3. The third-order valence-electron chi connectivity index (χ3n) is 7.51. The molecule has 0 bridgehead atoms. The van der Waals surface area contributed by atoms with Crippen LogP contribution in [0.1, 0.15) is 72.6 Å². The van der Waals surface area contributed by atoms with Crippen molar-refractivity contribution in [3.8, 4) is 0 Å². The number of benzene rings is 1. The van der Waals surface area contributed by atoms with Crippen LogP contribution >= 0.6 is 12.0 Å². The molecular weight excluding hydrogens is 590 g/mol. The van der Waals surface area contributed by atoms with E-state index in [2.05, 4.69) is 26.3 Å². The van der Waals surface area contributed by atoms with E-state index in [1.54, 1.807) is 0 Å². The number of aliphatic hydroxyl groups is 1. The SMILES string of the molecule is CCCCOCC1OC(O[C@@H]2C(CO)OCCC2OCCCC)C(NOSc2ccccc2)C(OCCCC)C1OC(C)=O. The second-order valence-electron chi connectivity index (χ2n) is 11.1. The second-order valence-corrected chi connectivity index (χ2v) is 11.9. The first kappa shape index (κ1) is 37.1. The first-order valence-corrected chi connectivity index (χ1v) is 16.9. The van der Waals surface area contributed by atoms with Gasteiger partial charge in [-0.2, -0.15) is 5.48 Å². The van der Waals surface area contributed by atoms with Crippen molar-refractivity contribution >= 4 is 18.0 Å². The van der Waals surface area contributed by atoms with Crippen molar-refractivity contribution in [3.05, 3.63) is 30.3 Å². The van der Waals surface area contributed by atoms with E-state index in [9.17, 15) is 9.90 Å². The molecule has 0 saturated carbocycles. The Morgan fingerprint density at radius 2 is 1.66 bits per heavy atom. The van der Waals surface area contributed by atoms with Gasteiger partial charge in [-0.05, 0) is 37.8 Å². The molecule has 0 amide bonds. The van der Waals surface area contributed by atoms with Crippen LogP contribution in [0.2, 0.25) is 0 Å². The Hall–Kier alpha value is -1.32. The minimum atomic E-state index is -0.942. The van der Waals surface area contributed by atoms with Crippen LogP contribution in [-0.4, -0.2) is 99.7 Å². The summed E-state index contributed by atoms with van der Waals surface area (Å²) < 4.78 is 49.5. The molecule has 0 radical (unpaired) electrons. The van der Waals surface area contributed by atoms with Crippen LogP contribution in [0.5, 0.6) is 0 Å². The van der Waals surface area contributed by atoms with Gasteiger partial charge in [-0.3, -0.25) is 4.79 Å². The van der Waals surface area contributed by atoms with Crippen LogP contribution in [0.3, 0.4) is 0 Å². The lowest BCUT2D eigenvalue weighted by Crippen LogP contribution is -2.67. The second kappa shape index (κ2) is 21.5. The van der Waals surface area contributed by atoms with Crippen LogP contribution in [0.4, 0.5) is 0 Å². The first-order chi connectivity index (χ1) is 21.5. The Labute approximate surface area is 267 Å². The number of hydrogen-bond donors (Lipinski definition) is 2. The fraction of sp³-hybridized carbons (Fsp3) is 0.781. The fourth-order valence-corrected chi connectivity index (χ4v) is 5.63. The summed E-state index contributed by atoms with van der Waals surface area (Å²) in [6, 6.07) is 8.92. The Morgan fingerprint density at radius 1 is 0.955 bits per heavy atom. The molecule has 2 aliphatic heterocycles. The number of rotatable bonds is 21. The normalized spacial score (nSPS) is 29.0. The highest BCUT2D eigenvalue weighted by Crippen LogP contribution is 2.32. The van der Waals surface area contributed by atoms with Crippen LogP contribution < -0.4 is 5.48 Å². The molecule has 7 unspecified atom stereocenters. The predicted octanol–water partition coefficient (Wildman–Crippen LogP) is 4.59. The van der Waals surface area contributed by atoms with Gasteiger partial charge in [0, 0.05) is 38.2 Å². The Kier molecular flexibility index (Phi) is 18.1. The van der Waals surface area contributed by atoms with E-state index >= 15 is 0 Å². The van der Waals surface area contributed by atoms with Gasteiger partial charge < -0.3 is 38.3 Å². The monoisotopic (exact) mass is 643 g/mol. The maximum atomic E-state index is 12.3. The third kappa shape index (κ3) is 12.1. The van der Waals surface area contributed by atoms with Gasteiger partial charge in [0.05, 0.1) is 31.4 Å². The summed E-state index contributed by atoms with van der Waals surface area (Å²) in [4.78, 5) is 13.2. The average molecular weight is 644 g/mol. The molecule has 1 aromatic rings. The summed E-state index contributed by atoms with van der Waals surface area (Å²) >= 11 is 1.15. The Morgan fingerprint density at radius 3 is 2.34 bits per heavy atom. The van der Waals surface area contributed by atoms with E-state index in [4.69, 9.17) is 37.4 Å². The molecule has 1 aromatic carbocycles. The number of hydrogen-bond acceptors (Lipinski definition) is 12. The molecule has 252 valence electrons. The van der Waals surface area contributed by atoms with Crippen molar-refractivity contribution in [3.63, 3.8) is 0 Å². The summed E-state index contributed by atoms with van der Waals surface area (Å²) in [6.07, 6.45) is 1.52. The van der Waals surface area contributed by atoms with Gasteiger partial charge in [-0.25, -0.2) is 4.28 Å². The van der Waals surface area contributed by atoms with Gasteiger partial charge in [0.1, 0.15) is 30.5 Å². The van der Waals surface area contributed by atoms with Gasteiger partial charge in [-0.15, -0.1) is 0 Å². The van der Waals surface area contributed by atoms with Crippen LogP contribution in [-0.2, 0) is 42.2 Å². The molecular formula is C32H53NO10S. The van der Waals surface area contributed by atoms with E-state index in [0.29, 0.717) is 32.8 Å². The van der Waals surface area contributed by atoms with Gasteiger partial charge in [0.2, 0.25) is 0 Å². The van der Waals surface area contributed by atoms with Crippen molar-refractivity contribution in [2.75, 3.05) is 39.6 Å². The van der Waals surface area contributed by atoms with Crippen LogP contribution in [0, 0.1) is 0 Å². The van der Waals surface area contributed by atoms with Gasteiger partial charge in [0.15, 0.2) is 12.4 Å². The molecule has 0 aliphatic carbocycles. The van der Waals surface area contributed by atoms with E-state index in [-0.39, 0.29) is 19.3 Å². The average Bonchev–Trinajstić information content (AvgIpc) is 3.02. The third-order valence-corrected chi connectivity index (χ3v) is 8.16. The van der Waals surface area contributed by atoms with Crippen molar-refractivity contribution < 1.29 is 47.3 Å². The molecule has 3 rings (SSSR count). The highest BCUT2D eigenvalue weighted by Gasteiger charge is 2.51. The van der Waals surface area contributed by atoms with Crippen molar-refractivity contribution in [2.45, 2.75) is 126 Å². The lowest BCUT2D eigenvalue weighted by Gasteiger charge is -2.47. The smallest absolute Gasteiger partial charge is 0.303 e. The number of carbonyl (C=O) groups excluding carboxylic acids is 1. The van der Waals surface area contributed by atoms with E-state index in [0.717, 1.165) is 55.5 Å². The summed E-state index contributed by atoms with van der Waals surface area (Å²) in [7, 11) is 0. The van der Waals surface area contributed by atoms with E-state index in [1.807, 2.05) is 30.3 Å².